The molecule has 1 aliphatic rings. The zero-order valence-electron chi connectivity index (χ0n) is 15.8. The Hall–Kier alpha value is -2.90. The van der Waals surface area contributed by atoms with Crippen molar-refractivity contribution in [3.63, 3.8) is 0 Å². The van der Waals surface area contributed by atoms with Gasteiger partial charge in [-0.15, -0.1) is 0 Å². The minimum absolute atomic E-state index is 0.175. The highest BCUT2D eigenvalue weighted by atomic mass is 19.3. The van der Waals surface area contributed by atoms with Crippen LogP contribution in [0.4, 0.5) is 20.4 Å². The zero-order chi connectivity index (χ0) is 19.7. The highest BCUT2D eigenvalue weighted by Gasteiger charge is 2.45. The summed E-state index contributed by atoms with van der Waals surface area (Å²) in [7, 11) is 1.66. The summed E-state index contributed by atoms with van der Waals surface area (Å²) in [6.45, 7) is 2.13. The first-order chi connectivity index (χ1) is 13.5. The van der Waals surface area contributed by atoms with E-state index in [4.69, 9.17) is 0 Å². The maximum Gasteiger partial charge on any atom is 0.252 e. The molecule has 6 nitrogen and oxygen atoms in total. The summed E-state index contributed by atoms with van der Waals surface area (Å²) in [5.41, 5.74) is 4.74. The van der Waals surface area contributed by atoms with E-state index in [1.54, 1.807) is 13.2 Å². The maximum atomic E-state index is 13.0. The van der Waals surface area contributed by atoms with Crippen LogP contribution in [0.5, 0.6) is 0 Å². The van der Waals surface area contributed by atoms with Gasteiger partial charge in [0.05, 0.1) is 5.69 Å². The molecule has 3 aromatic rings. The normalized spacial score (nSPS) is 16.6. The molecule has 1 aliphatic carbocycles. The molecule has 146 valence electrons. The second kappa shape index (κ2) is 7.26. The van der Waals surface area contributed by atoms with Crippen molar-refractivity contribution in [2.75, 3.05) is 12.4 Å². The van der Waals surface area contributed by atoms with Crippen LogP contribution in [0.25, 0.3) is 22.2 Å². The topological polar surface area (TPSA) is 78.3 Å². The second-order valence-electron chi connectivity index (χ2n) is 7.16. The van der Waals surface area contributed by atoms with Gasteiger partial charge in [-0.05, 0) is 29.7 Å². The van der Waals surface area contributed by atoms with Gasteiger partial charge in [-0.25, -0.2) is 13.8 Å². The van der Waals surface area contributed by atoms with Crippen LogP contribution in [0.1, 0.15) is 31.7 Å². The fourth-order valence-corrected chi connectivity index (χ4v) is 3.59. The Morgan fingerprint density at radius 2 is 2.14 bits per heavy atom. The Kier molecular flexibility index (Phi) is 4.78. The van der Waals surface area contributed by atoms with Gasteiger partial charge < -0.3 is 10.3 Å². The number of fused-ring (bicyclic) bond motifs is 1. The average Bonchev–Trinajstić information content (AvgIpc) is 3.05. The fraction of sp³-hybridized carbons (Fsp3) is 0.400. The molecule has 0 bridgehead atoms. The van der Waals surface area contributed by atoms with Gasteiger partial charge in [-0.1, -0.05) is 19.4 Å². The van der Waals surface area contributed by atoms with Crippen LogP contribution >= 0.6 is 0 Å². The molecular formula is C20H22F2N6. The Bertz CT molecular complexity index is 1020. The van der Waals surface area contributed by atoms with Gasteiger partial charge in [0.1, 0.15) is 5.65 Å². The number of aromatic nitrogens is 3. The number of aromatic amines is 1. The van der Waals surface area contributed by atoms with Gasteiger partial charge in [-0.3, -0.25) is 0 Å². The lowest BCUT2D eigenvalue weighted by Crippen LogP contribution is -2.44. The number of hydrogen-bond donors (Lipinski definition) is 2. The monoisotopic (exact) mass is 384 g/mol. The molecule has 0 spiro atoms. The molecule has 0 unspecified atom stereocenters. The second-order valence-corrected chi connectivity index (χ2v) is 7.16. The third-order valence-electron chi connectivity index (χ3n) is 4.97. The van der Waals surface area contributed by atoms with Crippen LogP contribution in [-0.4, -0.2) is 34.0 Å². The lowest BCUT2D eigenvalue weighted by Gasteiger charge is -2.35. The van der Waals surface area contributed by atoms with E-state index in [2.05, 4.69) is 43.5 Å². The van der Waals surface area contributed by atoms with Crippen LogP contribution in [0.3, 0.4) is 0 Å². The number of alkyl halides is 2. The number of aryl methyl sites for hydroxylation is 1. The largest absolute Gasteiger partial charge is 0.351 e. The number of nitrogens with one attached hydrogen (secondary N) is 2. The molecular weight excluding hydrogens is 362 g/mol. The summed E-state index contributed by atoms with van der Waals surface area (Å²) < 4.78 is 26.0. The summed E-state index contributed by atoms with van der Waals surface area (Å²) in [6.07, 6.45) is 5.21. The standard InChI is InChI=1S/C20H22F2N6/c1-3-4-13-7-12(5-6-17(13)28-23-2)15-10-24-18-16(15)11-25-19(27-18)26-14-8-20(21,22)9-14/h5-7,10-11,14H,3-4,8-9H2,1-2H3,(H2,24,25,26,27). The van der Waals surface area contributed by atoms with Crippen LogP contribution in [0, 0.1) is 0 Å². The van der Waals surface area contributed by atoms with Crippen LogP contribution in [0.15, 0.2) is 40.8 Å². The van der Waals surface area contributed by atoms with Crippen LogP contribution in [0.2, 0.25) is 0 Å². The molecule has 1 aromatic carbocycles. The molecule has 4 rings (SSSR count). The molecule has 0 atom stereocenters. The Morgan fingerprint density at radius 3 is 2.86 bits per heavy atom. The van der Waals surface area contributed by atoms with E-state index in [-0.39, 0.29) is 18.9 Å². The van der Waals surface area contributed by atoms with E-state index in [1.165, 1.54) is 0 Å². The minimum atomic E-state index is -2.57. The van der Waals surface area contributed by atoms with Crippen molar-refractivity contribution in [2.45, 2.75) is 44.6 Å². The fourth-order valence-electron chi connectivity index (χ4n) is 3.59. The lowest BCUT2D eigenvalue weighted by atomic mass is 9.88. The first-order valence-electron chi connectivity index (χ1n) is 9.40. The van der Waals surface area contributed by atoms with Crippen molar-refractivity contribution in [2.24, 2.45) is 10.2 Å². The molecule has 1 fully saturated rings. The highest BCUT2D eigenvalue weighted by molar-refractivity contribution is 5.93. The molecule has 0 amide bonds. The van der Waals surface area contributed by atoms with E-state index >= 15 is 0 Å². The number of azo groups is 1. The SMILES string of the molecule is CCCc1cc(-c2c[nH]c3nc(NC4CC(F)(F)C4)ncc23)ccc1N=NC. The maximum absolute atomic E-state index is 13.0. The third-order valence-corrected chi connectivity index (χ3v) is 4.97. The number of nitrogens with zero attached hydrogens (tertiary/aromatic N) is 4. The Morgan fingerprint density at radius 1 is 1.32 bits per heavy atom. The van der Waals surface area contributed by atoms with Gasteiger partial charge in [-0.2, -0.15) is 15.2 Å². The summed E-state index contributed by atoms with van der Waals surface area (Å²) in [5.74, 6) is -2.20. The van der Waals surface area contributed by atoms with Gasteiger partial charge in [0.25, 0.3) is 5.92 Å². The predicted molar refractivity (Wildman–Crippen MR) is 105 cm³/mol. The third kappa shape index (κ3) is 3.58. The number of H-pyrrole nitrogens is 1. The average molecular weight is 384 g/mol. The summed E-state index contributed by atoms with van der Waals surface area (Å²) in [5, 5.41) is 12.0. The smallest absolute Gasteiger partial charge is 0.252 e. The van der Waals surface area contributed by atoms with E-state index in [0.29, 0.717) is 11.6 Å². The molecule has 28 heavy (non-hydrogen) atoms. The summed E-state index contributed by atoms with van der Waals surface area (Å²) >= 11 is 0. The number of hydrogen-bond acceptors (Lipinski definition) is 5. The molecule has 0 radical (unpaired) electrons. The van der Waals surface area contributed by atoms with E-state index in [1.807, 2.05) is 18.3 Å². The van der Waals surface area contributed by atoms with Gasteiger partial charge in [0.2, 0.25) is 5.95 Å². The Balaban J connectivity index is 1.62. The summed E-state index contributed by atoms with van der Waals surface area (Å²) in [6, 6.07) is 5.83. The van der Waals surface area contributed by atoms with E-state index < -0.39 is 5.92 Å². The van der Waals surface area contributed by atoms with Gasteiger partial charge in [0.15, 0.2) is 0 Å². The van der Waals surface area contributed by atoms with Gasteiger partial charge in [0, 0.05) is 49.3 Å². The lowest BCUT2D eigenvalue weighted by molar-refractivity contribution is -0.0794. The van der Waals surface area contributed by atoms with Crippen molar-refractivity contribution < 1.29 is 8.78 Å². The molecule has 8 heteroatoms. The van der Waals surface area contributed by atoms with E-state index in [9.17, 15) is 8.78 Å². The van der Waals surface area contributed by atoms with Crippen molar-refractivity contribution in [1.29, 1.82) is 0 Å². The van der Waals surface area contributed by atoms with Gasteiger partial charge >= 0.3 is 0 Å². The quantitative estimate of drug-likeness (QED) is 0.551. The van der Waals surface area contributed by atoms with Crippen LogP contribution in [-0.2, 0) is 6.42 Å². The molecule has 0 saturated heterocycles. The molecule has 1 saturated carbocycles. The molecule has 2 aromatic heterocycles. The van der Waals surface area contributed by atoms with Crippen molar-refractivity contribution in [3.05, 3.63) is 36.2 Å². The number of anilines is 1. The van der Waals surface area contributed by atoms with Crippen molar-refractivity contribution in [3.8, 4) is 11.1 Å². The first kappa shape index (κ1) is 18.5. The van der Waals surface area contributed by atoms with Crippen LogP contribution < -0.4 is 5.32 Å². The number of halogens is 2. The Labute approximate surface area is 161 Å². The molecule has 2 N–H and O–H groups in total. The molecule has 2 heterocycles. The zero-order valence-corrected chi connectivity index (χ0v) is 15.8. The van der Waals surface area contributed by atoms with Crippen molar-refractivity contribution >= 4 is 22.7 Å². The number of benzene rings is 1. The highest BCUT2D eigenvalue weighted by Crippen LogP contribution is 2.39. The predicted octanol–water partition coefficient (Wildman–Crippen LogP) is 5.50. The van der Waals surface area contributed by atoms with E-state index in [0.717, 1.165) is 40.6 Å². The summed E-state index contributed by atoms with van der Waals surface area (Å²) in [4.78, 5) is 11.9. The van der Waals surface area contributed by atoms with Crippen molar-refractivity contribution in [1.82, 2.24) is 15.0 Å². The minimum Gasteiger partial charge on any atom is -0.351 e. The number of rotatable bonds is 6. The first-order valence-corrected chi connectivity index (χ1v) is 9.40. The molecule has 0 aliphatic heterocycles.